The van der Waals surface area contributed by atoms with Gasteiger partial charge in [0.2, 0.25) is 0 Å². The molecule has 0 amide bonds. The van der Waals surface area contributed by atoms with Crippen molar-refractivity contribution in [3.8, 4) is 0 Å². The van der Waals surface area contributed by atoms with Gasteiger partial charge in [-0.1, -0.05) is 64.3 Å². The van der Waals surface area contributed by atoms with E-state index in [2.05, 4.69) is 65.3 Å². The van der Waals surface area contributed by atoms with Crippen molar-refractivity contribution >= 4 is 16.1 Å². The van der Waals surface area contributed by atoms with E-state index in [1.165, 1.54) is 24.2 Å². The minimum atomic E-state index is -1.08. The zero-order valence-corrected chi connectivity index (χ0v) is 14.9. The van der Waals surface area contributed by atoms with E-state index in [4.69, 9.17) is 0 Å². The molecule has 0 N–H and O–H groups in total. The second-order valence-electron chi connectivity index (χ2n) is 7.83. The summed E-state index contributed by atoms with van der Waals surface area (Å²) in [6.45, 7) is 22.7. The third-order valence-corrected chi connectivity index (χ3v) is 9.92. The van der Waals surface area contributed by atoms with Crippen molar-refractivity contribution in [3.05, 3.63) is 25.3 Å². The van der Waals surface area contributed by atoms with Crippen LogP contribution in [0.2, 0.25) is 50.4 Å². The van der Waals surface area contributed by atoms with E-state index in [1.807, 2.05) is 0 Å². The smallest absolute Gasteiger partial charge is 0.0516 e. The maximum absolute atomic E-state index is 3.91. The molecule has 0 saturated carbocycles. The molecule has 17 heavy (non-hydrogen) atoms. The standard InChI is InChI=1S/C15H32Si2/c1-9-11-16(5,6)13-15(3,4)14-17(7,8)12-10-2/h9-10H,1-2,11-14H2,3-8H3. The Balaban J connectivity index is 4.57. The molecular weight excluding hydrogens is 236 g/mol. The molecule has 2 heteroatoms. The topological polar surface area (TPSA) is 0 Å². The van der Waals surface area contributed by atoms with Crippen LogP contribution in [0.25, 0.3) is 0 Å². The number of allylic oxidation sites excluding steroid dienone is 2. The molecule has 100 valence electrons. The molecule has 0 saturated heterocycles. The van der Waals surface area contributed by atoms with Gasteiger partial charge in [0.15, 0.2) is 0 Å². The molecule has 0 rings (SSSR count). The van der Waals surface area contributed by atoms with Crippen LogP contribution in [0.15, 0.2) is 25.3 Å². The first-order valence-corrected chi connectivity index (χ1v) is 13.6. The van der Waals surface area contributed by atoms with Gasteiger partial charge in [-0.05, 0) is 17.5 Å². The highest BCUT2D eigenvalue weighted by molar-refractivity contribution is 6.79. The van der Waals surface area contributed by atoms with Crippen molar-refractivity contribution in [1.82, 2.24) is 0 Å². The summed E-state index contributed by atoms with van der Waals surface area (Å²) >= 11 is 0. The van der Waals surface area contributed by atoms with Gasteiger partial charge in [-0.15, -0.1) is 13.2 Å². The molecule has 0 unspecified atom stereocenters. The van der Waals surface area contributed by atoms with Crippen LogP contribution in [0, 0.1) is 5.41 Å². The van der Waals surface area contributed by atoms with Gasteiger partial charge in [0.05, 0.1) is 16.1 Å². The molecule has 0 aliphatic carbocycles. The molecular formula is C15H32Si2. The molecule has 0 aromatic rings. The van der Waals surface area contributed by atoms with Crippen LogP contribution in [0.1, 0.15) is 13.8 Å². The average molecular weight is 269 g/mol. The second-order valence-corrected chi connectivity index (χ2v) is 18.0. The van der Waals surface area contributed by atoms with E-state index in [-0.39, 0.29) is 0 Å². The van der Waals surface area contributed by atoms with Crippen molar-refractivity contribution in [3.63, 3.8) is 0 Å². The van der Waals surface area contributed by atoms with Gasteiger partial charge in [0.25, 0.3) is 0 Å². The quantitative estimate of drug-likeness (QED) is 0.385. The minimum absolute atomic E-state index is 0.497. The summed E-state index contributed by atoms with van der Waals surface area (Å²) in [5.74, 6) is 0. The maximum Gasteiger partial charge on any atom is 0.0516 e. The van der Waals surface area contributed by atoms with E-state index >= 15 is 0 Å². The summed E-state index contributed by atoms with van der Waals surface area (Å²) in [4.78, 5) is 0. The number of hydrogen-bond donors (Lipinski definition) is 0. The molecule has 0 aromatic heterocycles. The lowest BCUT2D eigenvalue weighted by Gasteiger charge is -2.38. The van der Waals surface area contributed by atoms with Crippen LogP contribution in [-0.4, -0.2) is 16.1 Å². The molecule has 0 aliphatic heterocycles. The molecule has 0 spiro atoms. The summed E-state index contributed by atoms with van der Waals surface area (Å²) in [5.41, 5.74) is 0.497. The van der Waals surface area contributed by atoms with Crippen molar-refractivity contribution in [2.45, 2.75) is 64.2 Å². The molecule has 0 nitrogen and oxygen atoms in total. The zero-order chi connectivity index (χ0) is 13.7. The van der Waals surface area contributed by atoms with Crippen LogP contribution in [0.3, 0.4) is 0 Å². The number of rotatable bonds is 8. The Morgan fingerprint density at radius 3 is 1.35 bits per heavy atom. The SMILES string of the molecule is C=CC[Si](C)(C)CC(C)(C)C[Si](C)(C)CC=C. The molecule has 0 fully saturated rings. The summed E-state index contributed by atoms with van der Waals surface area (Å²) in [6.07, 6.45) is 4.24. The Labute approximate surface area is 111 Å². The third-order valence-electron chi connectivity index (χ3n) is 3.31. The highest BCUT2D eigenvalue weighted by atomic mass is 28.3. The van der Waals surface area contributed by atoms with E-state index in [0.717, 1.165) is 0 Å². The Kier molecular flexibility index (Phi) is 6.16. The highest BCUT2D eigenvalue weighted by Crippen LogP contribution is 2.39. The first kappa shape index (κ1) is 16.9. The zero-order valence-electron chi connectivity index (χ0n) is 12.9. The highest BCUT2D eigenvalue weighted by Gasteiger charge is 2.34. The lowest BCUT2D eigenvalue weighted by molar-refractivity contribution is 0.452. The van der Waals surface area contributed by atoms with Crippen LogP contribution in [0.5, 0.6) is 0 Å². The Hall–Kier alpha value is -0.0862. The van der Waals surface area contributed by atoms with Gasteiger partial charge >= 0.3 is 0 Å². The predicted octanol–water partition coefficient (Wildman–Crippen LogP) is 5.80. The van der Waals surface area contributed by atoms with Crippen molar-refractivity contribution in [2.75, 3.05) is 0 Å². The average Bonchev–Trinajstić information content (AvgIpc) is 1.96. The van der Waals surface area contributed by atoms with Crippen LogP contribution in [-0.2, 0) is 0 Å². The minimum Gasteiger partial charge on any atom is -0.103 e. The van der Waals surface area contributed by atoms with Crippen LogP contribution in [0.4, 0.5) is 0 Å². The van der Waals surface area contributed by atoms with Gasteiger partial charge in [0, 0.05) is 0 Å². The van der Waals surface area contributed by atoms with Crippen LogP contribution < -0.4 is 0 Å². The van der Waals surface area contributed by atoms with Crippen molar-refractivity contribution in [1.29, 1.82) is 0 Å². The van der Waals surface area contributed by atoms with E-state index in [9.17, 15) is 0 Å². The van der Waals surface area contributed by atoms with Crippen molar-refractivity contribution in [2.24, 2.45) is 5.41 Å². The normalized spacial score (nSPS) is 13.5. The van der Waals surface area contributed by atoms with Gasteiger partial charge in [0.1, 0.15) is 0 Å². The second kappa shape index (κ2) is 6.19. The Morgan fingerprint density at radius 1 is 0.824 bits per heavy atom. The van der Waals surface area contributed by atoms with E-state index in [1.54, 1.807) is 0 Å². The summed E-state index contributed by atoms with van der Waals surface area (Å²) in [5, 5.41) is 0. The predicted molar refractivity (Wildman–Crippen MR) is 88.4 cm³/mol. The molecule has 0 atom stereocenters. The summed E-state index contributed by atoms with van der Waals surface area (Å²) in [7, 11) is -2.17. The van der Waals surface area contributed by atoms with Gasteiger partial charge in [-0.3, -0.25) is 0 Å². The largest absolute Gasteiger partial charge is 0.103 e. The first-order valence-electron chi connectivity index (χ1n) is 6.75. The van der Waals surface area contributed by atoms with Gasteiger partial charge in [-0.25, -0.2) is 0 Å². The lowest BCUT2D eigenvalue weighted by Crippen LogP contribution is -2.37. The first-order chi connectivity index (χ1) is 7.54. The van der Waals surface area contributed by atoms with Crippen molar-refractivity contribution < 1.29 is 0 Å². The fourth-order valence-corrected chi connectivity index (χ4v) is 11.1. The molecule has 0 heterocycles. The molecule has 0 bridgehead atoms. The third kappa shape index (κ3) is 7.77. The van der Waals surface area contributed by atoms with Gasteiger partial charge < -0.3 is 0 Å². The Bertz CT molecular complexity index is 236. The summed E-state index contributed by atoms with van der Waals surface area (Å²) < 4.78 is 0. The maximum atomic E-state index is 3.91. The summed E-state index contributed by atoms with van der Waals surface area (Å²) in [6, 6.07) is 5.33. The lowest BCUT2D eigenvalue weighted by atomic mass is 10.00. The van der Waals surface area contributed by atoms with E-state index < -0.39 is 16.1 Å². The fourth-order valence-electron chi connectivity index (χ4n) is 3.58. The molecule has 0 aromatic carbocycles. The molecule has 0 radical (unpaired) electrons. The fraction of sp³-hybridized carbons (Fsp3) is 0.733. The monoisotopic (exact) mass is 268 g/mol. The van der Waals surface area contributed by atoms with E-state index in [0.29, 0.717) is 5.41 Å². The van der Waals surface area contributed by atoms with Crippen LogP contribution >= 0.6 is 0 Å². The molecule has 0 aliphatic rings. The number of hydrogen-bond acceptors (Lipinski definition) is 0. The van der Waals surface area contributed by atoms with Gasteiger partial charge in [-0.2, -0.15) is 0 Å². The Morgan fingerprint density at radius 2 is 1.12 bits per heavy atom.